The molecule has 1 heterocycles. The van der Waals surface area contributed by atoms with Gasteiger partial charge in [-0.05, 0) is 62.7 Å². The van der Waals surface area contributed by atoms with Gasteiger partial charge in [0.15, 0.2) is 17.5 Å². The molecule has 0 spiro atoms. The third-order valence-electron chi connectivity index (χ3n) is 8.54. The highest BCUT2D eigenvalue weighted by Crippen LogP contribution is 2.34. The molecule has 1 aromatic heterocycles. The molecule has 0 amide bonds. The minimum absolute atomic E-state index is 0.639. The number of benzene rings is 7. The molecule has 0 radical (unpaired) electrons. The van der Waals surface area contributed by atoms with Crippen molar-refractivity contribution >= 4 is 0 Å². The predicted molar refractivity (Wildman–Crippen MR) is 198 cm³/mol. The molecule has 7 aromatic carbocycles. The normalized spacial score (nSPS) is 10.9. The van der Waals surface area contributed by atoms with Crippen molar-refractivity contribution in [2.24, 2.45) is 0 Å². The lowest BCUT2D eigenvalue weighted by atomic mass is 9.93. The third kappa shape index (κ3) is 6.18. The molecule has 0 N–H and O–H groups in total. The summed E-state index contributed by atoms with van der Waals surface area (Å²) in [4.78, 5) is 14.9. The van der Waals surface area contributed by atoms with Crippen LogP contribution < -0.4 is 0 Å². The van der Waals surface area contributed by atoms with Gasteiger partial charge in [0.05, 0.1) is 0 Å². The van der Waals surface area contributed by atoms with Gasteiger partial charge in [0.25, 0.3) is 0 Å². The van der Waals surface area contributed by atoms with E-state index in [2.05, 4.69) is 152 Å². The lowest BCUT2D eigenvalue weighted by Crippen LogP contribution is -2.00. The molecule has 8 rings (SSSR count). The first-order valence-electron chi connectivity index (χ1n) is 16.1. The van der Waals surface area contributed by atoms with Crippen LogP contribution in [0.2, 0.25) is 0 Å². The van der Waals surface area contributed by atoms with Gasteiger partial charge in [0, 0.05) is 16.7 Å². The maximum absolute atomic E-state index is 4.99. The maximum atomic E-state index is 4.99. The summed E-state index contributed by atoms with van der Waals surface area (Å²) in [6.07, 6.45) is 0. The molecule has 0 bridgehead atoms. The molecular formula is C45H31N3. The van der Waals surface area contributed by atoms with Crippen LogP contribution in [0.15, 0.2) is 188 Å². The molecule has 0 aliphatic rings. The average molecular weight is 614 g/mol. The van der Waals surface area contributed by atoms with Crippen molar-refractivity contribution in [3.63, 3.8) is 0 Å². The molecule has 0 aliphatic carbocycles. The van der Waals surface area contributed by atoms with Gasteiger partial charge in [-0.25, -0.2) is 15.0 Å². The molecule has 3 nitrogen and oxygen atoms in total. The Morgan fingerprint density at radius 3 is 0.729 bits per heavy atom. The van der Waals surface area contributed by atoms with Gasteiger partial charge in [-0.3, -0.25) is 0 Å². The van der Waals surface area contributed by atoms with Crippen molar-refractivity contribution in [2.45, 2.75) is 0 Å². The van der Waals surface area contributed by atoms with Gasteiger partial charge < -0.3 is 0 Å². The van der Waals surface area contributed by atoms with Gasteiger partial charge >= 0.3 is 0 Å². The molecule has 48 heavy (non-hydrogen) atoms. The molecule has 0 saturated carbocycles. The Bertz CT molecular complexity index is 2230. The lowest BCUT2D eigenvalue weighted by Gasteiger charge is -2.12. The third-order valence-corrected chi connectivity index (χ3v) is 8.54. The highest BCUT2D eigenvalue weighted by Gasteiger charge is 2.14. The first-order valence-corrected chi connectivity index (χ1v) is 16.1. The van der Waals surface area contributed by atoms with E-state index in [-0.39, 0.29) is 0 Å². The van der Waals surface area contributed by atoms with Crippen LogP contribution in [0.25, 0.3) is 78.7 Å². The topological polar surface area (TPSA) is 38.7 Å². The molecule has 0 aliphatic heterocycles. The first-order chi connectivity index (χ1) is 23.8. The molecule has 226 valence electrons. The van der Waals surface area contributed by atoms with Crippen LogP contribution in [0.1, 0.15) is 0 Å². The lowest BCUT2D eigenvalue weighted by molar-refractivity contribution is 1.07. The standard InChI is InChI=1S/C45H31N3/c1-5-13-32(14-6-1)35-21-25-38(26-22-35)44-46-43(37-19-11-4-12-20-37)47-45(48-44)39-27-23-36(24-28-39)42-30-40(33-15-7-2-8-16-33)29-41(31-42)34-17-9-3-10-18-34/h1-31H. The van der Waals surface area contributed by atoms with E-state index in [1.54, 1.807) is 0 Å². The molecular weight excluding hydrogens is 583 g/mol. The van der Waals surface area contributed by atoms with E-state index in [4.69, 9.17) is 15.0 Å². The summed E-state index contributed by atoms with van der Waals surface area (Å²) >= 11 is 0. The summed E-state index contributed by atoms with van der Waals surface area (Å²) < 4.78 is 0. The van der Waals surface area contributed by atoms with E-state index in [1.165, 1.54) is 27.8 Å². The van der Waals surface area contributed by atoms with Gasteiger partial charge in [0.1, 0.15) is 0 Å². The van der Waals surface area contributed by atoms with Crippen LogP contribution in [-0.2, 0) is 0 Å². The number of rotatable bonds is 7. The smallest absolute Gasteiger partial charge is 0.164 e. The Morgan fingerprint density at radius 2 is 0.396 bits per heavy atom. The van der Waals surface area contributed by atoms with E-state index in [9.17, 15) is 0 Å². The van der Waals surface area contributed by atoms with Gasteiger partial charge in [0.2, 0.25) is 0 Å². The number of hydrogen-bond acceptors (Lipinski definition) is 3. The van der Waals surface area contributed by atoms with Crippen LogP contribution in [0.4, 0.5) is 0 Å². The zero-order valence-corrected chi connectivity index (χ0v) is 26.2. The fraction of sp³-hybridized carbons (Fsp3) is 0. The highest BCUT2D eigenvalue weighted by atomic mass is 15.0. The van der Waals surface area contributed by atoms with E-state index >= 15 is 0 Å². The Labute approximate surface area is 280 Å². The summed E-state index contributed by atoms with van der Waals surface area (Å²) in [7, 11) is 0. The minimum Gasteiger partial charge on any atom is -0.208 e. The van der Waals surface area contributed by atoms with E-state index < -0.39 is 0 Å². The van der Waals surface area contributed by atoms with Crippen molar-refractivity contribution in [1.82, 2.24) is 15.0 Å². The quantitative estimate of drug-likeness (QED) is 0.179. The van der Waals surface area contributed by atoms with Gasteiger partial charge in [-0.15, -0.1) is 0 Å². The van der Waals surface area contributed by atoms with Crippen molar-refractivity contribution in [3.8, 4) is 78.7 Å². The van der Waals surface area contributed by atoms with Crippen molar-refractivity contribution in [3.05, 3.63) is 188 Å². The Hall–Kier alpha value is -6.45. The minimum atomic E-state index is 0.639. The first kappa shape index (κ1) is 29.0. The Kier molecular flexibility index (Phi) is 7.92. The molecule has 3 heteroatoms. The summed E-state index contributed by atoms with van der Waals surface area (Å²) in [5.41, 5.74) is 12.2. The van der Waals surface area contributed by atoms with Crippen LogP contribution >= 0.6 is 0 Å². The summed E-state index contributed by atoms with van der Waals surface area (Å²) in [6.45, 7) is 0. The number of nitrogens with zero attached hydrogens (tertiary/aromatic N) is 3. The highest BCUT2D eigenvalue weighted by molar-refractivity contribution is 5.82. The van der Waals surface area contributed by atoms with Crippen molar-refractivity contribution in [1.29, 1.82) is 0 Å². The molecule has 0 unspecified atom stereocenters. The molecule has 0 saturated heterocycles. The van der Waals surface area contributed by atoms with Gasteiger partial charge in [-0.2, -0.15) is 0 Å². The summed E-state index contributed by atoms with van der Waals surface area (Å²) in [5.74, 6) is 1.93. The van der Waals surface area contributed by atoms with E-state index in [1.807, 2.05) is 36.4 Å². The maximum Gasteiger partial charge on any atom is 0.164 e. The zero-order chi connectivity index (χ0) is 32.1. The second-order valence-corrected chi connectivity index (χ2v) is 11.7. The van der Waals surface area contributed by atoms with Crippen LogP contribution in [-0.4, -0.2) is 15.0 Å². The second-order valence-electron chi connectivity index (χ2n) is 11.7. The van der Waals surface area contributed by atoms with Gasteiger partial charge in [-0.1, -0.05) is 170 Å². The molecule has 0 fully saturated rings. The SMILES string of the molecule is c1ccc(-c2ccc(-c3nc(-c4ccccc4)nc(-c4ccc(-c5cc(-c6ccccc6)cc(-c6ccccc6)c5)cc4)n3)cc2)cc1. The van der Waals surface area contributed by atoms with Crippen molar-refractivity contribution in [2.75, 3.05) is 0 Å². The van der Waals surface area contributed by atoms with Crippen molar-refractivity contribution < 1.29 is 0 Å². The average Bonchev–Trinajstić information content (AvgIpc) is 3.19. The van der Waals surface area contributed by atoms with Crippen LogP contribution in [0.5, 0.6) is 0 Å². The summed E-state index contributed by atoms with van der Waals surface area (Å²) in [6, 6.07) is 65.4. The largest absolute Gasteiger partial charge is 0.208 e. The Balaban J connectivity index is 1.18. The fourth-order valence-corrected chi connectivity index (χ4v) is 5.99. The predicted octanol–water partition coefficient (Wildman–Crippen LogP) is 11.5. The number of hydrogen-bond donors (Lipinski definition) is 0. The second kappa shape index (κ2) is 13.1. The van der Waals surface area contributed by atoms with Crippen LogP contribution in [0, 0.1) is 0 Å². The monoisotopic (exact) mass is 613 g/mol. The Morgan fingerprint density at radius 1 is 0.188 bits per heavy atom. The zero-order valence-electron chi connectivity index (χ0n) is 26.2. The molecule has 0 atom stereocenters. The number of aromatic nitrogens is 3. The summed E-state index contributed by atoms with van der Waals surface area (Å²) in [5, 5.41) is 0. The van der Waals surface area contributed by atoms with E-state index in [0.29, 0.717) is 17.5 Å². The fourth-order valence-electron chi connectivity index (χ4n) is 5.99. The van der Waals surface area contributed by atoms with E-state index in [0.717, 1.165) is 33.4 Å². The van der Waals surface area contributed by atoms with Crippen LogP contribution in [0.3, 0.4) is 0 Å². The molecule has 8 aromatic rings.